The number of rotatable bonds is 26. The van der Waals surface area contributed by atoms with Gasteiger partial charge in [0.25, 0.3) is 0 Å². The molecule has 2 aromatic rings. The van der Waals surface area contributed by atoms with Crippen LogP contribution in [-0.2, 0) is 51.9 Å². The molecule has 9 unspecified atom stereocenters. The number of nitrogens with two attached hydrogens (primary N) is 6. The van der Waals surface area contributed by atoms with Crippen LogP contribution in [0.25, 0.3) is 11.0 Å². The highest BCUT2D eigenvalue weighted by Gasteiger charge is 2.66. The van der Waals surface area contributed by atoms with Gasteiger partial charge >= 0.3 is 7.82 Å². The molecule has 15 atom stereocenters. The maximum absolute atomic E-state index is 14.4. The van der Waals surface area contributed by atoms with E-state index in [1.165, 1.54) is 13.3 Å². The first kappa shape index (κ1) is 68.9. The number of aryl methyl sites for hydroxylation is 2. The van der Waals surface area contributed by atoms with Crippen LogP contribution in [0.15, 0.2) is 67.8 Å². The number of fused-ring (bicyclic) bond motifs is 7. The summed E-state index contributed by atoms with van der Waals surface area (Å²) in [5, 5.41) is 28.2. The Morgan fingerprint density at radius 2 is 1.40 bits per heavy atom. The Balaban J connectivity index is 1.19. The zero-order chi connectivity index (χ0) is 66.7. The van der Waals surface area contributed by atoms with Crippen molar-refractivity contribution in [1.29, 1.82) is 0 Å². The second-order valence-corrected chi connectivity index (χ2v) is 28.4. The largest absolute Gasteiger partial charge is 0.472 e. The second kappa shape index (κ2) is 25.6. The summed E-state index contributed by atoms with van der Waals surface area (Å²) in [5.74, 6) is -7.18. The van der Waals surface area contributed by atoms with Crippen LogP contribution < -0.4 is 45.0 Å². The van der Waals surface area contributed by atoms with Gasteiger partial charge in [-0.2, -0.15) is 0 Å². The highest BCUT2D eigenvalue weighted by molar-refractivity contribution is 7.47. The number of nitrogens with one attached hydrogen (secondary N) is 2. The van der Waals surface area contributed by atoms with Gasteiger partial charge in [0.2, 0.25) is 41.4 Å². The molecule has 17 N–H and O–H groups in total. The third kappa shape index (κ3) is 13.0. The Kier molecular flexibility index (Phi) is 19.6. The van der Waals surface area contributed by atoms with E-state index in [2.05, 4.69) is 15.6 Å². The predicted octanol–water partition coefficient (Wildman–Crippen LogP) is 3.16. The molecule has 7 heterocycles. The quantitative estimate of drug-likeness (QED) is 0.0603. The number of hydrogen-bond acceptors (Lipinski definition) is 18. The van der Waals surface area contributed by atoms with Crippen molar-refractivity contribution in [3.63, 3.8) is 0 Å². The number of allylic oxidation sites excluding steroid dienone is 6. The lowest BCUT2D eigenvalue weighted by molar-refractivity contribution is -0.124. The van der Waals surface area contributed by atoms with Crippen molar-refractivity contribution in [2.75, 3.05) is 13.2 Å². The SMILES string of the molecule is CC1=C2N=C(C=C3NC(=C(C)C4=NC(C)(C5N=C1C(C)(CCC(=O)NCC(C)OP(=O)(O)O[C@@H]1C(O)[C@@H](n6cnc7cc(C)c(C)cc76)O[C@@H]1CO)[C@@H]5CC(N)=O)[C@](C)(CC(N)=O)C4CCC(N)=O)C(C)(CC(N)=O)[C@H]3CCC(N)=O)C(C)(C)C2CCC(N)=O. The third-order valence-corrected chi connectivity index (χ3v) is 21.7. The van der Waals surface area contributed by atoms with Gasteiger partial charge in [-0.15, -0.1) is 0 Å². The lowest BCUT2D eigenvalue weighted by Gasteiger charge is -2.48. The van der Waals surface area contributed by atoms with Gasteiger partial charge in [0.15, 0.2) is 6.23 Å². The van der Waals surface area contributed by atoms with Crippen LogP contribution in [0.4, 0.5) is 0 Å². The minimum atomic E-state index is -5.07. The molecular formula is C62H90N13O14P. The summed E-state index contributed by atoms with van der Waals surface area (Å²) in [6.45, 7) is 19.3. The zero-order valence-corrected chi connectivity index (χ0v) is 54.1. The molecule has 0 saturated carbocycles. The third-order valence-electron chi connectivity index (χ3n) is 20.6. The van der Waals surface area contributed by atoms with E-state index < -0.39 is 143 Å². The van der Waals surface area contributed by atoms with Crippen LogP contribution >= 0.6 is 7.82 Å². The van der Waals surface area contributed by atoms with Crippen molar-refractivity contribution in [3.8, 4) is 0 Å². The lowest BCUT2D eigenvalue weighted by atomic mass is 9.55. The number of benzene rings is 1. The van der Waals surface area contributed by atoms with E-state index in [9.17, 15) is 53.2 Å². The molecule has 6 aliphatic heterocycles. The van der Waals surface area contributed by atoms with Crippen molar-refractivity contribution in [3.05, 3.63) is 63.9 Å². The number of imidazole rings is 1. The van der Waals surface area contributed by atoms with Crippen LogP contribution in [0.1, 0.15) is 150 Å². The Bertz CT molecular complexity index is 3540. The van der Waals surface area contributed by atoms with Crippen molar-refractivity contribution in [2.24, 2.45) is 94.7 Å². The van der Waals surface area contributed by atoms with Gasteiger partial charge in [-0.05, 0) is 108 Å². The fourth-order valence-corrected chi connectivity index (χ4v) is 16.6. The summed E-state index contributed by atoms with van der Waals surface area (Å²) in [6, 6.07) is 2.70. The van der Waals surface area contributed by atoms with E-state index in [1.54, 1.807) is 4.57 Å². The zero-order valence-electron chi connectivity index (χ0n) is 53.3. The number of aliphatic imine (C=N–C) groups is 3. The van der Waals surface area contributed by atoms with Crippen LogP contribution in [0.5, 0.6) is 0 Å². The predicted molar refractivity (Wildman–Crippen MR) is 334 cm³/mol. The number of primary amides is 6. The Morgan fingerprint density at radius 1 is 0.800 bits per heavy atom. The molecule has 7 amide bonds. The van der Waals surface area contributed by atoms with E-state index in [1.807, 2.05) is 87.4 Å². The number of carbonyl (C=O) groups is 7. The molecular weight excluding hydrogens is 1180 g/mol. The summed E-state index contributed by atoms with van der Waals surface area (Å²) >= 11 is 0. The van der Waals surface area contributed by atoms with Crippen molar-refractivity contribution in [1.82, 2.24) is 20.2 Å². The molecule has 2 saturated heterocycles. The fourth-order valence-electron chi connectivity index (χ4n) is 15.4. The minimum Gasteiger partial charge on any atom is -0.394 e. The molecule has 90 heavy (non-hydrogen) atoms. The summed E-state index contributed by atoms with van der Waals surface area (Å²) in [5.41, 5.74) is 37.4. The molecule has 0 spiro atoms. The van der Waals surface area contributed by atoms with Crippen molar-refractivity contribution in [2.45, 2.75) is 189 Å². The number of ether oxygens (including phenoxy) is 1. The fraction of sp³-hybridized carbons (Fsp3) is 0.629. The highest BCUT2D eigenvalue weighted by atomic mass is 31.2. The maximum atomic E-state index is 14.4. The van der Waals surface area contributed by atoms with Crippen LogP contribution in [-0.4, -0.2) is 132 Å². The topological polar surface area (TPSA) is 460 Å². The van der Waals surface area contributed by atoms with Gasteiger partial charge in [0.1, 0.15) is 18.3 Å². The average Bonchev–Trinajstić information content (AvgIpc) is 1.53. The molecule has 8 rings (SSSR count). The van der Waals surface area contributed by atoms with Crippen LogP contribution in [0, 0.1) is 59.2 Å². The van der Waals surface area contributed by atoms with Gasteiger partial charge < -0.3 is 69.4 Å². The summed E-state index contributed by atoms with van der Waals surface area (Å²) in [7, 11) is -5.07. The first-order valence-corrected chi connectivity index (χ1v) is 32.1. The first-order chi connectivity index (χ1) is 41.8. The molecule has 8 bridgehead atoms. The van der Waals surface area contributed by atoms with Gasteiger partial charge in [-0.3, -0.25) is 57.6 Å². The van der Waals surface area contributed by atoms with E-state index in [4.69, 9.17) is 63.2 Å². The van der Waals surface area contributed by atoms with E-state index in [0.29, 0.717) is 56.4 Å². The lowest BCUT2D eigenvalue weighted by Crippen LogP contribution is -2.56. The van der Waals surface area contributed by atoms with Gasteiger partial charge in [-0.25, -0.2) is 9.55 Å². The molecule has 492 valence electrons. The average molecular weight is 1270 g/mol. The van der Waals surface area contributed by atoms with Crippen LogP contribution in [0.2, 0.25) is 0 Å². The highest BCUT2D eigenvalue weighted by Crippen LogP contribution is 2.63. The van der Waals surface area contributed by atoms with Crippen molar-refractivity contribution >= 4 is 77.3 Å². The Morgan fingerprint density at radius 3 is 1.99 bits per heavy atom. The second-order valence-electron chi connectivity index (χ2n) is 27.1. The number of phosphoric acid groups is 1. The molecule has 27 nitrogen and oxygen atoms in total. The summed E-state index contributed by atoms with van der Waals surface area (Å²) in [6.07, 6.45) is -4.26. The number of hydrogen-bond donors (Lipinski definition) is 11. The number of phosphoric ester groups is 1. The number of aliphatic hydroxyl groups excluding tert-OH is 2. The van der Waals surface area contributed by atoms with Crippen molar-refractivity contribution < 1.29 is 67.0 Å². The number of amides is 7. The molecule has 2 fully saturated rings. The Hall–Kier alpha value is -7.00. The number of aliphatic hydroxyl groups is 2. The summed E-state index contributed by atoms with van der Waals surface area (Å²) in [4.78, 5) is 126. The molecule has 1 aromatic carbocycles. The van der Waals surface area contributed by atoms with E-state index >= 15 is 0 Å². The van der Waals surface area contributed by atoms with E-state index in [0.717, 1.165) is 11.1 Å². The van der Waals surface area contributed by atoms with E-state index in [-0.39, 0.29) is 77.2 Å². The smallest absolute Gasteiger partial charge is 0.394 e. The van der Waals surface area contributed by atoms with Gasteiger partial charge in [0.05, 0.1) is 41.7 Å². The minimum absolute atomic E-state index is 0.0114. The molecule has 0 radical (unpaired) electrons. The summed E-state index contributed by atoms with van der Waals surface area (Å²) < 4.78 is 32.3. The number of carbonyl (C=O) groups excluding carboxylic acids is 7. The maximum Gasteiger partial charge on any atom is 0.472 e. The first-order valence-electron chi connectivity index (χ1n) is 30.6. The monoisotopic (exact) mass is 1270 g/mol. The Labute approximate surface area is 523 Å². The normalized spacial score (nSPS) is 32.0. The molecule has 28 heteroatoms. The molecule has 1 aromatic heterocycles. The van der Waals surface area contributed by atoms with Gasteiger partial charge in [-0.1, -0.05) is 34.6 Å². The standard InChI is InChI=1S/C62H90N13O14P/c1-29-20-39-40(21-30(29)2)75(28-70-39)57-52(84)53(41(27-76)87-57)89-90(85,86)88-31(3)26-69-49(83)18-19-59(8)37(22-46(66)80)56-62(11)61(10,25-48(68)82)36(14-17-45(65)79)51(74-62)33(5)55-60(9,24-47(67)81)34(12-15-43(63)77)38(71-55)23-42-58(6,7)35(13-16-44(64)78)50(72-42)32(4)54(59)73-56/h20-21,23,28,31,34-37,41,52-53,56-57,71,76,84H,12-19,22,24-27H2,1-11H3,(H2,63,77)(H2,64,78)(H2,65,79)(H2,66,80)(H2,67,81)(H2,68,82)(H,69,83)(H,85,86)/t31?,34-,35?,36?,37+,41+,52?,53-,56?,57-,59?,60?,61+,62?/m0/s1. The number of nitrogens with zero attached hydrogens (tertiary/aromatic N) is 5. The molecule has 0 aliphatic carbocycles. The van der Waals surface area contributed by atoms with Crippen LogP contribution in [0.3, 0.4) is 0 Å². The molecule has 6 aliphatic rings. The van der Waals surface area contributed by atoms with Gasteiger partial charge in [0, 0.05) is 131 Å². The number of aromatic nitrogens is 2.